The zero-order valence-electron chi connectivity index (χ0n) is 9.40. The molecule has 0 saturated carbocycles. The Morgan fingerprint density at radius 2 is 1.50 bits per heavy atom. The molecule has 0 radical (unpaired) electrons. The molecule has 0 aromatic heterocycles. The van der Waals surface area contributed by atoms with Crippen LogP contribution in [-0.2, 0) is 25.3 Å². The van der Waals surface area contributed by atoms with Crippen molar-refractivity contribution in [3.05, 3.63) is 20.6 Å². The second-order valence-corrected chi connectivity index (χ2v) is 6.39. The second kappa shape index (κ2) is 6.09. The Bertz CT molecular complexity index is 267. The van der Waals surface area contributed by atoms with Gasteiger partial charge in [-0.05, 0) is 0 Å². The average molecular weight is 253 g/mol. The van der Waals surface area contributed by atoms with Crippen LogP contribution >= 0.6 is 0 Å². The smallest absolute Gasteiger partial charge is 1.00 e. The van der Waals surface area contributed by atoms with Crippen LogP contribution in [0.4, 0.5) is 0 Å². The molecule has 0 heterocycles. The molecule has 1 aliphatic rings. The van der Waals surface area contributed by atoms with Crippen LogP contribution in [0, 0.1) is 0 Å². The van der Waals surface area contributed by atoms with Crippen molar-refractivity contribution in [3.8, 4) is 0 Å². The van der Waals surface area contributed by atoms with Gasteiger partial charge < -0.3 is 12.4 Å². The third kappa shape index (κ3) is 2.71. The van der Waals surface area contributed by atoms with Gasteiger partial charge in [-0.1, -0.05) is 0 Å². The van der Waals surface area contributed by atoms with E-state index in [0.717, 1.165) is 6.42 Å². The summed E-state index contributed by atoms with van der Waals surface area (Å²) in [7, 11) is 3.50. The molecular formula is C10H17ClO2Ti. The second-order valence-electron chi connectivity index (χ2n) is 3.43. The molecule has 1 rings (SSSR count). The Morgan fingerprint density at radius 3 is 1.79 bits per heavy atom. The summed E-state index contributed by atoms with van der Waals surface area (Å²) >= 11 is -1.85. The fraction of sp³-hybridized carbons (Fsp3) is 0.600. The largest absolute Gasteiger partial charge is 1.00 e. The van der Waals surface area contributed by atoms with Gasteiger partial charge in [0.25, 0.3) is 0 Å². The topological polar surface area (TPSA) is 18.5 Å². The maximum absolute atomic E-state index is 5.42. The van der Waals surface area contributed by atoms with Crippen molar-refractivity contribution in [2.24, 2.45) is 0 Å². The molecule has 4 heteroatoms. The summed E-state index contributed by atoms with van der Waals surface area (Å²) < 4.78 is 12.2. The minimum atomic E-state index is -1.85. The minimum Gasteiger partial charge on any atom is -1.00 e. The van der Waals surface area contributed by atoms with Crippen molar-refractivity contribution in [1.82, 2.24) is 0 Å². The molecule has 14 heavy (non-hydrogen) atoms. The predicted octanol–water partition coefficient (Wildman–Crippen LogP) is -0.254. The maximum atomic E-state index is 5.42. The molecule has 0 aromatic rings. The van der Waals surface area contributed by atoms with Crippen LogP contribution in [-0.4, -0.2) is 14.2 Å². The van der Waals surface area contributed by atoms with Crippen molar-refractivity contribution < 1.29 is 37.7 Å². The molecule has 0 saturated heterocycles. The Balaban J connectivity index is 0.00000169. The molecule has 80 valence electrons. The molecule has 2 nitrogen and oxygen atoms in total. The van der Waals surface area contributed by atoms with Crippen LogP contribution in [0.5, 0.6) is 0 Å². The van der Waals surface area contributed by atoms with Crippen LogP contribution in [0.2, 0.25) is 0 Å². The van der Waals surface area contributed by atoms with E-state index in [9.17, 15) is 0 Å². The first-order valence-corrected chi connectivity index (χ1v) is 6.49. The van der Waals surface area contributed by atoms with Crippen molar-refractivity contribution in [2.75, 3.05) is 14.2 Å². The number of hydrogen-bond acceptors (Lipinski definition) is 2. The number of halogens is 1. The maximum Gasteiger partial charge on any atom is -1.00 e. The summed E-state index contributed by atoms with van der Waals surface area (Å²) in [6.07, 6.45) is 1.10. The summed E-state index contributed by atoms with van der Waals surface area (Å²) in [6.45, 7) is 6.54. The molecule has 0 spiro atoms. The zero-order chi connectivity index (χ0) is 10.0. The monoisotopic (exact) mass is 252 g/mol. The standard InChI is InChI=1S/C8H11.2CH3O.ClH.Ti/c1-6-4-7(2)8(3)5-6;2*1-2;;/h4H2,1-3H3;2*1H3;1H;/q;2*-1;;+3/p-1. The Labute approximate surface area is 99.6 Å². The fourth-order valence-electron chi connectivity index (χ4n) is 1.77. The van der Waals surface area contributed by atoms with Gasteiger partial charge in [-0.3, -0.25) is 0 Å². The van der Waals surface area contributed by atoms with Gasteiger partial charge >= 0.3 is 87.3 Å². The first-order chi connectivity index (χ1) is 6.11. The van der Waals surface area contributed by atoms with Crippen LogP contribution in [0.1, 0.15) is 27.2 Å². The van der Waals surface area contributed by atoms with E-state index in [1.807, 2.05) is 0 Å². The number of hydrogen-bond donors (Lipinski definition) is 0. The molecule has 0 amide bonds. The van der Waals surface area contributed by atoms with E-state index in [1.54, 1.807) is 14.2 Å². The summed E-state index contributed by atoms with van der Waals surface area (Å²) in [6, 6.07) is 0. The van der Waals surface area contributed by atoms with E-state index in [4.69, 9.17) is 6.64 Å². The molecular weight excluding hydrogens is 235 g/mol. The quantitative estimate of drug-likeness (QED) is 0.645. The zero-order valence-corrected chi connectivity index (χ0v) is 11.7. The molecule has 0 aromatic carbocycles. The number of rotatable bonds is 3. The van der Waals surface area contributed by atoms with Crippen LogP contribution < -0.4 is 12.4 Å². The summed E-state index contributed by atoms with van der Waals surface area (Å²) in [5, 5.41) is 0. The van der Waals surface area contributed by atoms with Crippen molar-refractivity contribution in [3.63, 3.8) is 0 Å². The molecule has 0 N–H and O–H groups in total. The molecule has 0 aliphatic heterocycles. The first-order valence-electron chi connectivity index (χ1n) is 4.43. The van der Waals surface area contributed by atoms with Gasteiger partial charge in [0.2, 0.25) is 0 Å². The van der Waals surface area contributed by atoms with Crippen molar-refractivity contribution >= 4 is 0 Å². The molecule has 0 bridgehead atoms. The van der Waals surface area contributed by atoms with E-state index >= 15 is 0 Å². The first kappa shape index (κ1) is 14.4. The summed E-state index contributed by atoms with van der Waals surface area (Å²) in [5.41, 5.74) is 4.30. The Kier molecular flexibility index (Phi) is 6.26. The summed E-state index contributed by atoms with van der Waals surface area (Å²) in [4.78, 5) is 0. The van der Waals surface area contributed by atoms with E-state index in [2.05, 4.69) is 20.8 Å². The van der Waals surface area contributed by atoms with Crippen LogP contribution in [0.15, 0.2) is 20.6 Å². The summed E-state index contributed by atoms with van der Waals surface area (Å²) in [5.74, 6) is 0. The van der Waals surface area contributed by atoms with Gasteiger partial charge in [0.1, 0.15) is 0 Å². The minimum absolute atomic E-state index is 0. The van der Waals surface area contributed by atoms with Gasteiger partial charge in [-0.15, -0.1) is 0 Å². The van der Waals surface area contributed by atoms with Gasteiger partial charge in [-0.25, -0.2) is 0 Å². The molecule has 0 atom stereocenters. The Hall–Kier alpha value is 0.404. The molecule has 0 fully saturated rings. The molecule has 1 aliphatic carbocycles. The van der Waals surface area contributed by atoms with Crippen molar-refractivity contribution in [1.29, 1.82) is 0 Å². The normalized spacial score (nSPS) is 16.1. The third-order valence-corrected chi connectivity index (χ3v) is 5.59. The van der Waals surface area contributed by atoms with E-state index < -0.39 is 18.6 Å². The third-order valence-electron chi connectivity index (χ3n) is 2.55. The van der Waals surface area contributed by atoms with E-state index in [1.165, 1.54) is 20.6 Å². The molecule has 0 unspecified atom stereocenters. The van der Waals surface area contributed by atoms with E-state index in [0.29, 0.717) is 0 Å². The fourth-order valence-corrected chi connectivity index (χ4v) is 4.16. The van der Waals surface area contributed by atoms with Gasteiger partial charge in [0.05, 0.1) is 0 Å². The van der Waals surface area contributed by atoms with E-state index in [-0.39, 0.29) is 12.4 Å². The SMILES string of the molecule is C[O][Ti+]([O]C)[C]1=C(C)CC(C)=C1C.[Cl-]. The van der Waals surface area contributed by atoms with Crippen molar-refractivity contribution in [2.45, 2.75) is 27.2 Å². The van der Waals surface area contributed by atoms with Crippen LogP contribution in [0.3, 0.4) is 0 Å². The predicted molar refractivity (Wildman–Crippen MR) is 49.7 cm³/mol. The van der Waals surface area contributed by atoms with Gasteiger partial charge in [-0.2, -0.15) is 0 Å². The van der Waals surface area contributed by atoms with Crippen LogP contribution in [0.25, 0.3) is 0 Å². The Morgan fingerprint density at radius 1 is 1.00 bits per heavy atom. The average Bonchev–Trinajstić information content (AvgIpc) is 2.34. The number of allylic oxidation sites excluding steroid dienone is 4. The van der Waals surface area contributed by atoms with Gasteiger partial charge in [0, 0.05) is 0 Å². The van der Waals surface area contributed by atoms with Gasteiger partial charge in [0.15, 0.2) is 0 Å².